The van der Waals surface area contributed by atoms with Gasteiger partial charge in [0.05, 0.1) is 5.56 Å². The number of ether oxygens (including phenoxy) is 1. The third-order valence-electron chi connectivity index (χ3n) is 2.65. The number of nitrogens with one attached hydrogen (secondary N) is 1. The van der Waals surface area contributed by atoms with Gasteiger partial charge in [-0.25, -0.2) is 14.6 Å². The van der Waals surface area contributed by atoms with Crippen LogP contribution in [0.3, 0.4) is 0 Å². The van der Waals surface area contributed by atoms with Crippen molar-refractivity contribution in [2.24, 2.45) is 0 Å². The van der Waals surface area contributed by atoms with Crippen LogP contribution in [0.5, 0.6) is 0 Å². The second kappa shape index (κ2) is 7.25. The molecule has 0 bridgehead atoms. The van der Waals surface area contributed by atoms with Crippen LogP contribution in [0.25, 0.3) is 0 Å². The lowest BCUT2D eigenvalue weighted by molar-refractivity contribution is -0.139. The van der Waals surface area contributed by atoms with E-state index < -0.39 is 41.9 Å². The largest absolute Gasteiger partial charge is 0.480 e. The van der Waals surface area contributed by atoms with Crippen LogP contribution in [0.4, 0.5) is 18.0 Å². The van der Waals surface area contributed by atoms with Crippen molar-refractivity contribution in [3.8, 4) is 0 Å². The van der Waals surface area contributed by atoms with Crippen molar-refractivity contribution < 1.29 is 32.6 Å². The Kier molecular flexibility index (Phi) is 6.04. The van der Waals surface area contributed by atoms with E-state index in [0.717, 1.165) is 0 Å². The highest BCUT2D eigenvalue weighted by molar-refractivity contribution is 6.30. The number of hydrogen-bond donors (Lipinski definition) is 2. The maximum Gasteiger partial charge on any atom is 0.417 e. The number of aromatic nitrogens is 1. The molecule has 1 atom stereocenters. The highest BCUT2D eigenvalue weighted by atomic mass is 35.5. The summed E-state index contributed by atoms with van der Waals surface area (Å²) in [6.45, 7) is 4.74. The molecular weight excluding hydrogens is 353 g/mol. The second-order valence-corrected chi connectivity index (χ2v) is 6.27. The summed E-state index contributed by atoms with van der Waals surface area (Å²) in [6.07, 6.45) is -5.59. The maximum atomic E-state index is 12.7. The number of rotatable bonds is 4. The molecular formula is C14H16ClF3N2O4. The summed E-state index contributed by atoms with van der Waals surface area (Å²) in [5, 5.41) is 10.9. The van der Waals surface area contributed by atoms with Crippen molar-refractivity contribution in [1.29, 1.82) is 0 Å². The zero-order chi connectivity index (χ0) is 18.7. The van der Waals surface area contributed by atoms with Crippen molar-refractivity contribution in [3.63, 3.8) is 0 Å². The predicted octanol–water partition coefficient (Wildman–Crippen LogP) is 3.27. The van der Waals surface area contributed by atoms with Crippen LogP contribution < -0.4 is 5.32 Å². The van der Waals surface area contributed by atoms with Crippen molar-refractivity contribution >= 4 is 23.7 Å². The monoisotopic (exact) mass is 368 g/mol. The van der Waals surface area contributed by atoms with Gasteiger partial charge in [-0.15, -0.1) is 0 Å². The molecule has 0 aliphatic carbocycles. The van der Waals surface area contributed by atoms with E-state index >= 15 is 0 Å². The third-order valence-corrected chi connectivity index (χ3v) is 2.99. The number of hydrogen-bond acceptors (Lipinski definition) is 4. The molecule has 0 aliphatic heterocycles. The maximum absolute atomic E-state index is 12.7. The van der Waals surface area contributed by atoms with Gasteiger partial charge < -0.3 is 15.2 Å². The minimum atomic E-state index is -4.65. The average molecular weight is 369 g/mol. The van der Waals surface area contributed by atoms with Gasteiger partial charge in [0.15, 0.2) is 0 Å². The molecule has 10 heteroatoms. The molecule has 0 radical (unpaired) electrons. The molecule has 0 fully saturated rings. The van der Waals surface area contributed by atoms with Crippen LogP contribution in [0.1, 0.15) is 31.9 Å². The molecule has 134 valence electrons. The van der Waals surface area contributed by atoms with Gasteiger partial charge in [0.25, 0.3) is 0 Å². The first-order chi connectivity index (χ1) is 10.8. The first-order valence-corrected chi connectivity index (χ1v) is 7.11. The zero-order valence-electron chi connectivity index (χ0n) is 13.1. The molecule has 1 unspecified atom stereocenters. The number of amides is 1. The highest BCUT2D eigenvalue weighted by Crippen LogP contribution is 2.31. The predicted molar refractivity (Wildman–Crippen MR) is 78.7 cm³/mol. The number of nitrogens with zero attached hydrogens (tertiary/aromatic N) is 1. The Morgan fingerprint density at radius 1 is 1.38 bits per heavy atom. The van der Waals surface area contributed by atoms with Gasteiger partial charge in [0.2, 0.25) is 0 Å². The van der Waals surface area contributed by atoms with Crippen LogP contribution in [0.15, 0.2) is 12.3 Å². The minimum Gasteiger partial charge on any atom is -0.480 e. The average Bonchev–Trinajstić information content (AvgIpc) is 2.36. The fourth-order valence-electron chi connectivity index (χ4n) is 1.66. The Morgan fingerprint density at radius 3 is 2.42 bits per heavy atom. The molecule has 1 rings (SSSR count). The number of carboxylic acid groups (broad SMARTS) is 1. The third kappa shape index (κ3) is 6.23. The smallest absolute Gasteiger partial charge is 0.417 e. The topological polar surface area (TPSA) is 88.5 Å². The molecule has 1 aromatic rings. The summed E-state index contributed by atoms with van der Waals surface area (Å²) in [4.78, 5) is 26.3. The van der Waals surface area contributed by atoms with Gasteiger partial charge in [-0.1, -0.05) is 11.6 Å². The quantitative estimate of drug-likeness (QED) is 0.796. The Labute approximate surface area is 141 Å². The Bertz CT molecular complexity index is 629. The number of carbonyl (C=O) groups is 2. The lowest BCUT2D eigenvalue weighted by Gasteiger charge is -2.22. The Balaban J connectivity index is 2.97. The number of carboxylic acids is 1. The van der Waals surface area contributed by atoms with Crippen molar-refractivity contribution in [3.05, 3.63) is 28.5 Å². The lowest BCUT2D eigenvalue weighted by Crippen LogP contribution is -2.44. The Hall–Kier alpha value is -2.03. The van der Waals surface area contributed by atoms with Gasteiger partial charge in [-0.2, -0.15) is 13.2 Å². The molecule has 1 amide bonds. The first kappa shape index (κ1) is 20.0. The fraction of sp³-hybridized carbons (Fsp3) is 0.500. The fourth-order valence-corrected chi connectivity index (χ4v) is 1.84. The second-order valence-electron chi connectivity index (χ2n) is 5.91. The summed E-state index contributed by atoms with van der Waals surface area (Å²) in [6, 6.07) is -0.829. The molecule has 0 saturated heterocycles. The number of alkyl carbamates (subject to hydrolysis) is 1. The number of aliphatic carboxylic acids is 1. The van der Waals surface area contributed by atoms with Gasteiger partial charge in [0, 0.05) is 12.6 Å². The van der Waals surface area contributed by atoms with E-state index in [-0.39, 0.29) is 10.7 Å². The first-order valence-electron chi connectivity index (χ1n) is 6.73. The van der Waals surface area contributed by atoms with Gasteiger partial charge in [0.1, 0.15) is 16.8 Å². The van der Waals surface area contributed by atoms with Crippen molar-refractivity contribution in [1.82, 2.24) is 10.3 Å². The molecule has 0 aliphatic rings. The van der Waals surface area contributed by atoms with Crippen LogP contribution in [0.2, 0.25) is 5.15 Å². The number of alkyl halides is 3. The van der Waals surface area contributed by atoms with Crippen LogP contribution >= 0.6 is 11.6 Å². The molecule has 0 spiro atoms. The summed E-state index contributed by atoms with van der Waals surface area (Å²) >= 11 is 5.72. The lowest BCUT2D eigenvalue weighted by atomic mass is 10.1. The minimum absolute atomic E-state index is 0.157. The molecule has 1 aromatic heterocycles. The van der Waals surface area contributed by atoms with E-state index in [2.05, 4.69) is 10.3 Å². The van der Waals surface area contributed by atoms with E-state index in [0.29, 0.717) is 12.3 Å². The Morgan fingerprint density at radius 2 is 1.96 bits per heavy atom. The van der Waals surface area contributed by atoms with Crippen LogP contribution in [-0.2, 0) is 22.1 Å². The SMILES string of the molecule is CC(C)(C)OC(=O)NC(Cc1cc(C(F)(F)F)cnc1Cl)C(=O)O. The van der Waals surface area contributed by atoms with Gasteiger partial charge >= 0.3 is 18.2 Å². The molecule has 1 heterocycles. The summed E-state index contributed by atoms with van der Waals surface area (Å²) in [5.74, 6) is -1.45. The van der Waals surface area contributed by atoms with Gasteiger partial charge in [-0.05, 0) is 32.4 Å². The molecule has 0 saturated carbocycles. The zero-order valence-corrected chi connectivity index (χ0v) is 13.8. The number of halogens is 4. The van der Waals surface area contributed by atoms with Crippen molar-refractivity contribution in [2.45, 2.75) is 45.0 Å². The van der Waals surface area contributed by atoms with E-state index in [1.54, 1.807) is 20.8 Å². The molecule has 6 nitrogen and oxygen atoms in total. The van der Waals surface area contributed by atoms with E-state index in [4.69, 9.17) is 21.4 Å². The normalized spacial score (nSPS) is 13.3. The molecule has 0 aromatic carbocycles. The van der Waals surface area contributed by atoms with E-state index in [1.165, 1.54) is 0 Å². The van der Waals surface area contributed by atoms with E-state index in [1.807, 2.05) is 0 Å². The summed E-state index contributed by atoms with van der Waals surface area (Å²) in [7, 11) is 0. The van der Waals surface area contributed by atoms with E-state index in [9.17, 15) is 22.8 Å². The standard InChI is InChI=1S/C14H16ClF3N2O4/c1-13(2,3)24-12(23)20-9(11(21)22)5-7-4-8(14(16,17)18)6-19-10(7)15/h4,6,9H,5H2,1-3H3,(H,20,23)(H,21,22). The van der Waals surface area contributed by atoms with Gasteiger partial charge in [-0.3, -0.25) is 0 Å². The molecule has 24 heavy (non-hydrogen) atoms. The number of carbonyl (C=O) groups excluding carboxylic acids is 1. The molecule has 2 N–H and O–H groups in total. The number of pyridine rings is 1. The van der Waals surface area contributed by atoms with Crippen LogP contribution in [0, 0.1) is 0 Å². The van der Waals surface area contributed by atoms with Crippen molar-refractivity contribution in [2.75, 3.05) is 0 Å². The van der Waals surface area contributed by atoms with Crippen LogP contribution in [-0.4, -0.2) is 33.8 Å². The highest BCUT2D eigenvalue weighted by Gasteiger charge is 2.32. The summed E-state index contributed by atoms with van der Waals surface area (Å²) < 4.78 is 43.0. The summed E-state index contributed by atoms with van der Waals surface area (Å²) in [5.41, 5.74) is -2.08.